The fraction of sp³-hybridized carbons (Fsp3) is 0.636. The van der Waals surface area contributed by atoms with E-state index in [2.05, 4.69) is 5.10 Å². The third-order valence-corrected chi connectivity index (χ3v) is 3.85. The number of carbonyl (C=O) groups is 1. The third kappa shape index (κ3) is 2.30. The maximum atomic E-state index is 11.4. The predicted molar refractivity (Wildman–Crippen MR) is 65.6 cm³/mol. The van der Waals surface area contributed by atoms with Crippen molar-refractivity contribution >= 4 is 17.5 Å². The minimum atomic E-state index is -0.907. The molecule has 2 unspecified atom stereocenters. The van der Waals surface area contributed by atoms with Gasteiger partial charge in [-0.05, 0) is 32.6 Å². The molecular formula is C11H17ClN4O. The maximum Gasteiger partial charge on any atom is 0.237 e. The summed E-state index contributed by atoms with van der Waals surface area (Å²) < 4.78 is 1.81. The zero-order valence-corrected chi connectivity index (χ0v) is 10.6. The second-order valence-corrected chi connectivity index (χ2v) is 5.22. The molecule has 2 rings (SSSR count). The van der Waals surface area contributed by atoms with E-state index in [1.165, 1.54) is 0 Å². The summed E-state index contributed by atoms with van der Waals surface area (Å²) in [4.78, 5) is 11.4. The van der Waals surface area contributed by atoms with Gasteiger partial charge in [-0.25, -0.2) is 0 Å². The average Bonchev–Trinajstić information content (AvgIpc) is 2.59. The fourth-order valence-corrected chi connectivity index (χ4v) is 2.51. The van der Waals surface area contributed by atoms with Crippen LogP contribution in [-0.2, 0) is 4.79 Å². The largest absolute Gasteiger partial charge is 0.368 e. The molecule has 1 fully saturated rings. The van der Waals surface area contributed by atoms with E-state index in [0.717, 1.165) is 18.5 Å². The van der Waals surface area contributed by atoms with Gasteiger partial charge in [-0.2, -0.15) is 5.10 Å². The van der Waals surface area contributed by atoms with Crippen molar-refractivity contribution in [3.8, 4) is 0 Å². The lowest BCUT2D eigenvalue weighted by molar-refractivity contribution is -0.124. The molecule has 6 heteroatoms. The van der Waals surface area contributed by atoms with Crippen molar-refractivity contribution in [2.45, 2.75) is 44.2 Å². The highest BCUT2D eigenvalue weighted by molar-refractivity contribution is 6.31. The molecule has 17 heavy (non-hydrogen) atoms. The molecule has 1 aliphatic rings. The summed E-state index contributed by atoms with van der Waals surface area (Å²) in [6.07, 6.45) is 4.78. The first-order valence-electron chi connectivity index (χ1n) is 5.72. The van der Waals surface area contributed by atoms with Crippen LogP contribution in [0.2, 0.25) is 5.02 Å². The summed E-state index contributed by atoms with van der Waals surface area (Å²) in [5.74, 6) is -0.433. The molecule has 1 amide bonds. The molecule has 0 radical (unpaired) electrons. The Bertz CT molecular complexity index is 425. The Balaban J connectivity index is 2.20. The van der Waals surface area contributed by atoms with E-state index in [4.69, 9.17) is 23.1 Å². The van der Waals surface area contributed by atoms with Crippen molar-refractivity contribution < 1.29 is 4.79 Å². The lowest BCUT2D eigenvalue weighted by atomic mass is 9.79. The molecule has 1 aromatic rings. The van der Waals surface area contributed by atoms with Gasteiger partial charge in [0.15, 0.2) is 0 Å². The number of aromatic nitrogens is 2. The van der Waals surface area contributed by atoms with Gasteiger partial charge in [0.2, 0.25) is 5.91 Å². The Morgan fingerprint density at radius 1 is 1.71 bits per heavy atom. The molecule has 0 saturated heterocycles. The normalized spacial score (nSPS) is 29.2. The predicted octanol–water partition coefficient (Wildman–Crippen LogP) is 1.14. The monoisotopic (exact) mass is 256 g/mol. The number of nitrogens with zero attached hydrogens (tertiary/aromatic N) is 2. The number of aryl methyl sites for hydroxylation is 1. The van der Waals surface area contributed by atoms with Crippen LogP contribution in [0.4, 0.5) is 0 Å². The lowest BCUT2D eigenvalue weighted by Crippen LogP contribution is -2.54. The van der Waals surface area contributed by atoms with Gasteiger partial charge < -0.3 is 11.5 Å². The lowest BCUT2D eigenvalue weighted by Gasteiger charge is -2.35. The van der Waals surface area contributed by atoms with Crippen LogP contribution in [0.3, 0.4) is 0 Å². The SMILES string of the molecule is Cc1nn(C2CCCC(N)(C(N)=O)C2)cc1Cl. The van der Waals surface area contributed by atoms with Gasteiger partial charge in [-0.3, -0.25) is 9.48 Å². The fourth-order valence-electron chi connectivity index (χ4n) is 2.37. The van der Waals surface area contributed by atoms with Crippen LogP contribution in [0, 0.1) is 6.92 Å². The van der Waals surface area contributed by atoms with E-state index >= 15 is 0 Å². The molecule has 1 aromatic heterocycles. The van der Waals surface area contributed by atoms with E-state index in [-0.39, 0.29) is 6.04 Å². The maximum absolute atomic E-state index is 11.4. The van der Waals surface area contributed by atoms with Gasteiger partial charge in [0.25, 0.3) is 0 Å². The summed E-state index contributed by atoms with van der Waals surface area (Å²) in [6, 6.07) is 0.104. The van der Waals surface area contributed by atoms with E-state index in [9.17, 15) is 4.79 Å². The van der Waals surface area contributed by atoms with Crippen LogP contribution in [0.1, 0.15) is 37.4 Å². The Labute approximate surface area is 105 Å². The molecule has 0 spiro atoms. The Kier molecular flexibility index (Phi) is 3.14. The van der Waals surface area contributed by atoms with Crippen LogP contribution < -0.4 is 11.5 Å². The Hall–Kier alpha value is -1.07. The average molecular weight is 257 g/mol. The highest BCUT2D eigenvalue weighted by atomic mass is 35.5. The minimum absolute atomic E-state index is 0.104. The van der Waals surface area contributed by atoms with Crippen molar-refractivity contribution in [3.05, 3.63) is 16.9 Å². The Morgan fingerprint density at radius 2 is 2.41 bits per heavy atom. The number of hydrogen-bond acceptors (Lipinski definition) is 3. The number of carbonyl (C=O) groups excluding carboxylic acids is 1. The van der Waals surface area contributed by atoms with E-state index in [1.807, 2.05) is 6.92 Å². The first-order valence-corrected chi connectivity index (χ1v) is 6.10. The number of rotatable bonds is 2. The van der Waals surface area contributed by atoms with E-state index in [1.54, 1.807) is 10.9 Å². The molecule has 0 aliphatic heterocycles. The molecule has 1 aliphatic carbocycles. The number of amides is 1. The molecule has 0 bridgehead atoms. The highest BCUT2D eigenvalue weighted by Crippen LogP contribution is 2.34. The molecule has 5 nitrogen and oxygen atoms in total. The van der Waals surface area contributed by atoms with Gasteiger partial charge in [-0.15, -0.1) is 0 Å². The summed E-state index contributed by atoms with van der Waals surface area (Å²) in [7, 11) is 0. The molecule has 1 saturated carbocycles. The Morgan fingerprint density at radius 3 is 2.94 bits per heavy atom. The van der Waals surface area contributed by atoms with Crippen LogP contribution in [0.15, 0.2) is 6.20 Å². The van der Waals surface area contributed by atoms with Gasteiger partial charge in [0, 0.05) is 6.20 Å². The minimum Gasteiger partial charge on any atom is -0.368 e. The van der Waals surface area contributed by atoms with Crippen LogP contribution in [0.25, 0.3) is 0 Å². The number of halogens is 1. The molecule has 4 N–H and O–H groups in total. The van der Waals surface area contributed by atoms with Crippen molar-refractivity contribution in [1.29, 1.82) is 0 Å². The van der Waals surface area contributed by atoms with Crippen molar-refractivity contribution in [3.63, 3.8) is 0 Å². The molecular weight excluding hydrogens is 240 g/mol. The molecule has 1 heterocycles. The summed E-state index contributed by atoms with van der Waals surface area (Å²) in [5.41, 5.74) is 11.3. The van der Waals surface area contributed by atoms with Crippen molar-refractivity contribution in [1.82, 2.24) is 9.78 Å². The first-order chi connectivity index (χ1) is 7.92. The quantitative estimate of drug-likeness (QED) is 0.832. The second-order valence-electron chi connectivity index (χ2n) is 4.81. The molecule has 0 aromatic carbocycles. The summed E-state index contributed by atoms with van der Waals surface area (Å²) in [6.45, 7) is 1.85. The zero-order chi connectivity index (χ0) is 12.6. The number of hydrogen-bond donors (Lipinski definition) is 2. The first kappa shape index (κ1) is 12.4. The van der Waals surface area contributed by atoms with Gasteiger partial charge >= 0.3 is 0 Å². The van der Waals surface area contributed by atoms with Gasteiger partial charge in [0.05, 0.1) is 22.3 Å². The van der Waals surface area contributed by atoms with Gasteiger partial charge in [0.1, 0.15) is 0 Å². The number of primary amides is 1. The highest BCUT2D eigenvalue weighted by Gasteiger charge is 2.38. The van der Waals surface area contributed by atoms with Gasteiger partial charge in [-0.1, -0.05) is 11.6 Å². The topological polar surface area (TPSA) is 86.9 Å². The van der Waals surface area contributed by atoms with E-state index < -0.39 is 11.4 Å². The van der Waals surface area contributed by atoms with Crippen molar-refractivity contribution in [2.24, 2.45) is 11.5 Å². The molecule has 2 atom stereocenters. The zero-order valence-electron chi connectivity index (χ0n) is 9.82. The smallest absolute Gasteiger partial charge is 0.237 e. The van der Waals surface area contributed by atoms with Crippen molar-refractivity contribution in [2.75, 3.05) is 0 Å². The van der Waals surface area contributed by atoms with Crippen LogP contribution in [0.5, 0.6) is 0 Å². The van der Waals surface area contributed by atoms with Crippen LogP contribution in [-0.4, -0.2) is 21.2 Å². The van der Waals surface area contributed by atoms with Crippen LogP contribution >= 0.6 is 11.6 Å². The molecule has 94 valence electrons. The number of nitrogens with two attached hydrogens (primary N) is 2. The summed E-state index contributed by atoms with van der Waals surface area (Å²) >= 11 is 5.98. The third-order valence-electron chi connectivity index (χ3n) is 3.48. The standard InChI is InChI=1S/C11H17ClN4O/c1-7-9(12)6-16(15-7)8-3-2-4-11(14,5-8)10(13)17/h6,8H,2-5,14H2,1H3,(H2,13,17). The van der Waals surface area contributed by atoms with E-state index in [0.29, 0.717) is 17.9 Å². The summed E-state index contributed by atoms with van der Waals surface area (Å²) in [5, 5.41) is 4.97. The second kappa shape index (κ2) is 4.31.